The summed E-state index contributed by atoms with van der Waals surface area (Å²) in [6, 6.07) is 2.71. The highest BCUT2D eigenvalue weighted by atomic mass is 16.6. The molecule has 1 rings (SSSR count). The highest BCUT2D eigenvalue weighted by Crippen LogP contribution is 2.29. The SMILES string of the molecule is COc1cc(B(O)O)cc(OC)c1C(=O)OC(C)(C)C. The number of carbonyl (C=O) groups excluding carboxylic acids is 1. The summed E-state index contributed by atoms with van der Waals surface area (Å²) in [5, 5.41) is 18.4. The fourth-order valence-electron chi connectivity index (χ4n) is 1.61. The van der Waals surface area contributed by atoms with Gasteiger partial charge in [0.2, 0.25) is 0 Å². The zero-order valence-corrected chi connectivity index (χ0v) is 12.3. The second-order valence-corrected chi connectivity index (χ2v) is 5.18. The van der Waals surface area contributed by atoms with E-state index in [1.54, 1.807) is 20.8 Å². The van der Waals surface area contributed by atoms with Crippen molar-refractivity contribution in [1.29, 1.82) is 0 Å². The van der Waals surface area contributed by atoms with Gasteiger partial charge >= 0.3 is 13.1 Å². The number of methoxy groups -OCH3 is 2. The molecule has 0 aliphatic carbocycles. The van der Waals surface area contributed by atoms with Gasteiger partial charge in [-0.2, -0.15) is 0 Å². The maximum Gasteiger partial charge on any atom is 0.488 e. The van der Waals surface area contributed by atoms with Crippen LogP contribution in [-0.2, 0) is 4.74 Å². The molecule has 0 amide bonds. The highest BCUT2D eigenvalue weighted by molar-refractivity contribution is 6.58. The predicted molar refractivity (Wildman–Crippen MR) is 74.5 cm³/mol. The number of rotatable bonds is 4. The standard InChI is InChI=1S/C13H19BO6/c1-13(2,3)20-12(15)11-9(18-4)6-8(14(16)17)7-10(11)19-5/h6-7,16-17H,1-5H3. The molecule has 0 radical (unpaired) electrons. The first-order valence-corrected chi connectivity index (χ1v) is 6.05. The van der Waals surface area contributed by atoms with Crippen molar-refractivity contribution in [2.75, 3.05) is 14.2 Å². The van der Waals surface area contributed by atoms with Crippen molar-refractivity contribution in [2.45, 2.75) is 26.4 Å². The number of esters is 1. The van der Waals surface area contributed by atoms with Crippen molar-refractivity contribution in [3.63, 3.8) is 0 Å². The van der Waals surface area contributed by atoms with Crippen LogP contribution in [0.1, 0.15) is 31.1 Å². The van der Waals surface area contributed by atoms with E-state index >= 15 is 0 Å². The highest BCUT2D eigenvalue weighted by Gasteiger charge is 2.27. The average molecular weight is 282 g/mol. The van der Waals surface area contributed by atoms with E-state index in [1.807, 2.05) is 0 Å². The number of benzene rings is 1. The maximum absolute atomic E-state index is 12.2. The Labute approximate surface area is 118 Å². The molecule has 0 aliphatic rings. The summed E-state index contributed by atoms with van der Waals surface area (Å²) in [6.07, 6.45) is 0. The Kier molecular flexibility index (Phi) is 5.02. The Hall–Kier alpha value is -1.73. The molecule has 0 saturated heterocycles. The van der Waals surface area contributed by atoms with Crippen LogP contribution in [0.5, 0.6) is 11.5 Å². The van der Waals surface area contributed by atoms with Crippen LogP contribution in [0.2, 0.25) is 0 Å². The minimum atomic E-state index is -1.69. The lowest BCUT2D eigenvalue weighted by Crippen LogP contribution is -2.31. The van der Waals surface area contributed by atoms with Crippen molar-refractivity contribution in [3.8, 4) is 11.5 Å². The van der Waals surface area contributed by atoms with E-state index in [0.717, 1.165) is 0 Å². The Balaban J connectivity index is 3.33. The summed E-state index contributed by atoms with van der Waals surface area (Å²) < 4.78 is 15.5. The molecular weight excluding hydrogens is 263 g/mol. The Bertz CT molecular complexity index is 467. The molecule has 7 heteroatoms. The summed E-state index contributed by atoms with van der Waals surface area (Å²) in [6.45, 7) is 5.24. The van der Waals surface area contributed by atoms with E-state index in [0.29, 0.717) is 0 Å². The predicted octanol–water partition coefficient (Wildman–Crippen LogP) is 0.339. The van der Waals surface area contributed by atoms with Crippen LogP contribution in [0.25, 0.3) is 0 Å². The second-order valence-electron chi connectivity index (χ2n) is 5.18. The van der Waals surface area contributed by atoms with Crippen molar-refractivity contribution in [3.05, 3.63) is 17.7 Å². The van der Waals surface area contributed by atoms with Crippen molar-refractivity contribution in [1.82, 2.24) is 0 Å². The number of carbonyl (C=O) groups is 1. The molecule has 0 heterocycles. The van der Waals surface area contributed by atoms with Crippen LogP contribution < -0.4 is 14.9 Å². The third kappa shape index (κ3) is 3.88. The monoisotopic (exact) mass is 282 g/mol. The lowest BCUT2D eigenvalue weighted by molar-refractivity contribution is 0.00634. The third-order valence-corrected chi connectivity index (χ3v) is 2.43. The fourth-order valence-corrected chi connectivity index (χ4v) is 1.61. The van der Waals surface area contributed by atoms with Gasteiger partial charge in [-0.3, -0.25) is 0 Å². The molecule has 1 aromatic rings. The Morgan fingerprint density at radius 2 is 1.55 bits per heavy atom. The quantitative estimate of drug-likeness (QED) is 0.612. The normalized spacial score (nSPS) is 10.9. The molecule has 6 nitrogen and oxygen atoms in total. The molecule has 0 atom stereocenters. The number of hydrogen-bond donors (Lipinski definition) is 2. The molecule has 0 aliphatic heterocycles. The summed E-state index contributed by atoms with van der Waals surface area (Å²) >= 11 is 0. The first-order valence-electron chi connectivity index (χ1n) is 6.05. The minimum Gasteiger partial charge on any atom is -0.496 e. The number of hydrogen-bond acceptors (Lipinski definition) is 6. The first kappa shape index (κ1) is 16.3. The molecule has 20 heavy (non-hydrogen) atoms. The molecule has 0 bridgehead atoms. The van der Waals surface area contributed by atoms with E-state index < -0.39 is 18.7 Å². The van der Waals surface area contributed by atoms with Gasteiger partial charge < -0.3 is 24.3 Å². The Morgan fingerprint density at radius 1 is 1.10 bits per heavy atom. The van der Waals surface area contributed by atoms with Crippen LogP contribution in [0, 0.1) is 0 Å². The zero-order valence-electron chi connectivity index (χ0n) is 12.3. The van der Waals surface area contributed by atoms with Crippen LogP contribution >= 0.6 is 0 Å². The van der Waals surface area contributed by atoms with Gasteiger partial charge in [-0.1, -0.05) is 0 Å². The van der Waals surface area contributed by atoms with E-state index in [1.165, 1.54) is 26.4 Å². The molecular formula is C13H19BO6. The summed E-state index contributed by atoms with van der Waals surface area (Å²) in [7, 11) is 1.05. The van der Waals surface area contributed by atoms with Gasteiger partial charge in [0.25, 0.3) is 0 Å². The van der Waals surface area contributed by atoms with Gasteiger partial charge in [0, 0.05) is 0 Å². The molecule has 0 fully saturated rings. The van der Waals surface area contributed by atoms with Crippen molar-refractivity contribution >= 4 is 18.6 Å². The third-order valence-electron chi connectivity index (χ3n) is 2.43. The topological polar surface area (TPSA) is 85.2 Å². The van der Waals surface area contributed by atoms with Crippen LogP contribution in [-0.4, -0.2) is 43.0 Å². The van der Waals surface area contributed by atoms with Gasteiger partial charge in [-0.15, -0.1) is 0 Å². The van der Waals surface area contributed by atoms with E-state index in [9.17, 15) is 14.8 Å². The fraction of sp³-hybridized carbons (Fsp3) is 0.462. The zero-order chi connectivity index (χ0) is 15.5. The van der Waals surface area contributed by atoms with E-state index in [2.05, 4.69) is 0 Å². The molecule has 0 saturated carbocycles. The molecule has 0 aromatic heterocycles. The van der Waals surface area contributed by atoms with Crippen LogP contribution in [0.15, 0.2) is 12.1 Å². The largest absolute Gasteiger partial charge is 0.496 e. The van der Waals surface area contributed by atoms with Crippen molar-refractivity contribution in [2.24, 2.45) is 0 Å². The minimum absolute atomic E-state index is 0.106. The van der Waals surface area contributed by atoms with Crippen LogP contribution in [0.4, 0.5) is 0 Å². The van der Waals surface area contributed by atoms with Gasteiger partial charge in [0.05, 0.1) is 14.2 Å². The summed E-state index contributed by atoms with van der Waals surface area (Å²) in [5.74, 6) is -0.298. The molecule has 0 spiro atoms. The van der Waals surface area contributed by atoms with Crippen LogP contribution in [0.3, 0.4) is 0 Å². The lowest BCUT2D eigenvalue weighted by Gasteiger charge is -2.21. The summed E-state index contributed by atoms with van der Waals surface area (Å²) in [4.78, 5) is 12.2. The Morgan fingerprint density at radius 3 is 1.85 bits per heavy atom. The van der Waals surface area contributed by atoms with Crippen molar-refractivity contribution < 1.29 is 29.1 Å². The van der Waals surface area contributed by atoms with E-state index in [-0.39, 0.29) is 22.5 Å². The molecule has 2 N–H and O–H groups in total. The molecule has 0 unspecified atom stereocenters. The van der Waals surface area contributed by atoms with Gasteiger partial charge in [0.15, 0.2) is 0 Å². The van der Waals surface area contributed by atoms with Gasteiger partial charge in [-0.05, 0) is 38.4 Å². The average Bonchev–Trinajstić information content (AvgIpc) is 2.34. The number of ether oxygens (including phenoxy) is 3. The smallest absolute Gasteiger partial charge is 0.488 e. The summed E-state index contributed by atoms with van der Waals surface area (Å²) in [5.41, 5.74) is -0.400. The second kappa shape index (κ2) is 6.15. The van der Waals surface area contributed by atoms with Gasteiger partial charge in [-0.25, -0.2) is 4.79 Å². The van der Waals surface area contributed by atoms with E-state index in [4.69, 9.17) is 14.2 Å². The maximum atomic E-state index is 12.2. The molecule has 1 aromatic carbocycles. The molecule has 110 valence electrons. The first-order chi connectivity index (χ1) is 9.19. The lowest BCUT2D eigenvalue weighted by atomic mass is 9.79. The van der Waals surface area contributed by atoms with Gasteiger partial charge in [0.1, 0.15) is 22.7 Å².